The fourth-order valence-electron chi connectivity index (χ4n) is 2.28. The van der Waals surface area contributed by atoms with Crippen LogP contribution in [-0.2, 0) is 19.1 Å². The molecule has 1 heterocycles. The minimum Gasteiger partial charge on any atom is -0.469 e. The van der Waals surface area contributed by atoms with Gasteiger partial charge in [0.05, 0.1) is 31.8 Å². The van der Waals surface area contributed by atoms with Crippen molar-refractivity contribution >= 4 is 11.9 Å². The summed E-state index contributed by atoms with van der Waals surface area (Å²) in [5, 5.41) is 9.06. The summed E-state index contributed by atoms with van der Waals surface area (Å²) in [5.41, 5.74) is 0. The van der Waals surface area contributed by atoms with Crippen molar-refractivity contribution in [2.24, 2.45) is 23.7 Å². The highest BCUT2D eigenvalue weighted by Gasteiger charge is 2.39. The summed E-state index contributed by atoms with van der Waals surface area (Å²) in [5.74, 6) is -0.667. The Bertz CT molecular complexity index is 504. The van der Waals surface area contributed by atoms with Gasteiger partial charge in [0.1, 0.15) is 0 Å². The van der Waals surface area contributed by atoms with Crippen LogP contribution in [0.15, 0.2) is 0 Å². The number of rotatable bonds is 5. The summed E-state index contributed by atoms with van der Waals surface area (Å²) < 4.78 is 9.36. The Morgan fingerprint density at radius 2 is 1.96 bits per heavy atom. The Balaban J connectivity index is 0.000000446. The van der Waals surface area contributed by atoms with Gasteiger partial charge < -0.3 is 14.6 Å². The van der Waals surface area contributed by atoms with Crippen LogP contribution in [0.4, 0.5) is 0 Å². The predicted molar refractivity (Wildman–Crippen MR) is 87.0 cm³/mol. The van der Waals surface area contributed by atoms with E-state index in [1.807, 2.05) is 27.7 Å². The molecule has 0 bridgehead atoms. The van der Waals surface area contributed by atoms with Crippen molar-refractivity contribution in [1.82, 2.24) is 0 Å². The van der Waals surface area contributed by atoms with Crippen LogP contribution >= 0.6 is 0 Å². The van der Waals surface area contributed by atoms with Gasteiger partial charge in [-0.15, -0.1) is 0 Å². The molecule has 0 aromatic rings. The molecule has 0 unspecified atom stereocenters. The van der Waals surface area contributed by atoms with E-state index in [1.165, 1.54) is 7.11 Å². The molecule has 0 radical (unpaired) electrons. The van der Waals surface area contributed by atoms with Crippen molar-refractivity contribution < 1.29 is 24.2 Å². The molecule has 0 amide bonds. The van der Waals surface area contributed by atoms with Gasteiger partial charge in [0.15, 0.2) is 0 Å². The number of aliphatic hydroxyl groups excluding tert-OH is 1. The molecule has 7 heteroatoms. The molecule has 0 spiro atoms. The summed E-state index contributed by atoms with van der Waals surface area (Å²) in [6.45, 7) is 20.9. The van der Waals surface area contributed by atoms with Gasteiger partial charge in [-0.1, -0.05) is 27.7 Å². The Kier molecular flexibility index (Phi) is 9.68. The van der Waals surface area contributed by atoms with Gasteiger partial charge >= 0.3 is 24.4 Å². The number of hydrogen-bond acceptors (Lipinski definition) is 5. The average Bonchev–Trinajstić information content (AvgIpc) is 2.93. The van der Waals surface area contributed by atoms with Crippen LogP contribution in [0.5, 0.6) is 0 Å². The molecule has 1 fully saturated rings. The van der Waals surface area contributed by atoms with Gasteiger partial charge in [0.2, 0.25) is 0 Å². The van der Waals surface area contributed by atoms with E-state index in [1.54, 1.807) is 0 Å². The van der Waals surface area contributed by atoms with E-state index in [2.05, 4.69) is 14.4 Å². The molecule has 1 aliphatic heterocycles. The first-order chi connectivity index (χ1) is 11.2. The molecule has 1 aliphatic rings. The van der Waals surface area contributed by atoms with Crippen LogP contribution in [0.2, 0.25) is 0 Å². The van der Waals surface area contributed by atoms with Crippen molar-refractivity contribution in [2.45, 2.75) is 53.0 Å². The predicted octanol–water partition coefficient (Wildman–Crippen LogP) is 2.51. The zero-order valence-electron chi connectivity index (χ0n) is 14.9. The Hall–Kier alpha value is -2.12. The SMILES string of the molecule is [C-]#[N+][C@@H](O)C[C@H](C(=O)OC)C(C)C.[C-]#[N+][C@@H]1C[C@@H](C(C)C)C(=O)O1. The van der Waals surface area contributed by atoms with Gasteiger partial charge in [-0.3, -0.25) is 19.3 Å². The maximum Gasteiger partial charge on any atom is 0.369 e. The van der Waals surface area contributed by atoms with Crippen molar-refractivity contribution in [3.63, 3.8) is 0 Å². The van der Waals surface area contributed by atoms with E-state index in [0.29, 0.717) is 6.42 Å². The van der Waals surface area contributed by atoms with Crippen molar-refractivity contribution in [3.05, 3.63) is 22.8 Å². The zero-order valence-corrected chi connectivity index (χ0v) is 14.9. The molecule has 7 nitrogen and oxygen atoms in total. The third-order valence-electron chi connectivity index (χ3n) is 3.88. The summed E-state index contributed by atoms with van der Waals surface area (Å²) in [4.78, 5) is 28.3. The molecule has 4 atom stereocenters. The lowest BCUT2D eigenvalue weighted by molar-refractivity contribution is -0.148. The first kappa shape index (κ1) is 21.9. The molecular formula is C17H26N2O5. The molecule has 1 saturated heterocycles. The van der Waals surface area contributed by atoms with E-state index in [0.717, 1.165) is 0 Å². The van der Waals surface area contributed by atoms with Gasteiger partial charge in [0, 0.05) is 0 Å². The topological polar surface area (TPSA) is 81.5 Å². The summed E-state index contributed by atoms with van der Waals surface area (Å²) >= 11 is 0. The van der Waals surface area contributed by atoms with E-state index >= 15 is 0 Å². The molecule has 0 aromatic heterocycles. The van der Waals surface area contributed by atoms with E-state index < -0.39 is 18.4 Å². The molecule has 24 heavy (non-hydrogen) atoms. The van der Waals surface area contributed by atoms with Crippen LogP contribution < -0.4 is 0 Å². The standard InChI is InChI=1S/C9H15NO3.C8H11NO2/c1-6(2)7(9(12)13-4)5-8(11)10-3;1-5(2)6-4-7(9-3)11-8(6)10/h6-8,11H,5H2,1-2,4H3;5-7H,4H2,1-2H3/t7-,8-;6-,7-/m00/s1. The molecule has 1 N–H and O–H groups in total. The third-order valence-corrected chi connectivity index (χ3v) is 3.88. The van der Waals surface area contributed by atoms with Gasteiger partial charge in [-0.2, -0.15) is 0 Å². The van der Waals surface area contributed by atoms with Crippen molar-refractivity contribution in [3.8, 4) is 0 Å². The Morgan fingerprint density at radius 1 is 1.38 bits per heavy atom. The van der Waals surface area contributed by atoms with E-state index in [9.17, 15) is 9.59 Å². The van der Waals surface area contributed by atoms with Crippen LogP contribution in [-0.4, -0.2) is 36.6 Å². The number of methoxy groups -OCH3 is 1. The van der Waals surface area contributed by atoms with Crippen LogP contribution in [0.1, 0.15) is 40.5 Å². The first-order valence-electron chi connectivity index (χ1n) is 7.87. The second kappa shape index (κ2) is 10.6. The van der Waals surface area contributed by atoms with Gasteiger partial charge in [0.25, 0.3) is 0 Å². The van der Waals surface area contributed by atoms with Gasteiger partial charge in [-0.05, 0) is 11.8 Å². The molecule has 1 rings (SSSR count). The second-order valence-corrected chi connectivity index (χ2v) is 6.33. The molecule has 134 valence electrons. The number of carbonyl (C=O) groups is 2. The lowest BCUT2D eigenvalue weighted by Gasteiger charge is -2.16. The highest BCUT2D eigenvalue weighted by molar-refractivity contribution is 5.75. The number of nitrogens with zero attached hydrogens (tertiary/aromatic N) is 2. The molecular weight excluding hydrogens is 312 g/mol. The quantitative estimate of drug-likeness (QED) is 0.615. The lowest BCUT2D eigenvalue weighted by atomic mass is 9.92. The highest BCUT2D eigenvalue weighted by atomic mass is 16.6. The highest BCUT2D eigenvalue weighted by Crippen LogP contribution is 2.27. The Morgan fingerprint density at radius 3 is 2.25 bits per heavy atom. The number of hydrogen-bond donors (Lipinski definition) is 1. The largest absolute Gasteiger partial charge is 0.469 e. The van der Waals surface area contributed by atoms with Crippen LogP contribution in [0.25, 0.3) is 9.69 Å². The number of cyclic esters (lactones) is 1. The second-order valence-electron chi connectivity index (χ2n) is 6.33. The molecule has 0 aromatic carbocycles. The molecule has 0 aliphatic carbocycles. The molecule has 0 saturated carbocycles. The fraction of sp³-hybridized carbons (Fsp3) is 0.765. The fourth-order valence-corrected chi connectivity index (χ4v) is 2.28. The van der Waals surface area contributed by atoms with Crippen molar-refractivity contribution in [1.29, 1.82) is 0 Å². The first-order valence-corrected chi connectivity index (χ1v) is 7.87. The third kappa shape index (κ3) is 6.97. The number of esters is 2. The number of aliphatic hydroxyl groups is 1. The van der Waals surface area contributed by atoms with Crippen LogP contribution in [0.3, 0.4) is 0 Å². The smallest absolute Gasteiger partial charge is 0.369 e. The monoisotopic (exact) mass is 338 g/mol. The van der Waals surface area contributed by atoms with Gasteiger partial charge in [-0.25, -0.2) is 13.1 Å². The van der Waals surface area contributed by atoms with E-state index in [4.69, 9.17) is 23.0 Å². The maximum absolute atomic E-state index is 11.2. The zero-order chi connectivity index (χ0) is 18.9. The lowest BCUT2D eigenvalue weighted by Crippen LogP contribution is -2.25. The van der Waals surface area contributed by atoms with E-state index in [-0.39, 0.29) is 36.1 Å². The average molecular weight is 338 g/mol. The maximum atomic E-state index is 11.2. The normalized spacial score (nSPS) is 21.8. The van der Waals surface area contributed by atoms with Crippen LogP contribution in [0, 0.1) is 36.8 Å². The minimum absolute atomic E-state index is 0.0610. The summed E-state index contributed by atoms with van der Waals surface area (Å²) in [6.07, 6.45) is -0.908. The summed E-state index contributed by atoms with van der Waals surface area (Å²) in [7, 11) is 1.31. The summed E-state index contributed by atoms with van der Waals surface area (Å²) in [6, 6.07) is 0. The van der Waals surface area contributed by atoms with Crippen molar-refractivity contribution in [2.75, 3.05) is 7.11 Å². The number of carbonyl (C=O) groups excluding carboxylic acids is 2. The Labute approximate surface area is 143 Å². The number of ether oxygens (including phenoxy) is 2. The minimum atomic E-state index is -1.11.